The van der Waals surface area contributed by atoms with Gasteiger partial charge in [-0.3, -0.25) is 4.90 Å². The minimum Gasteiger partial charge on any atom is -0.374 e. The summed E-state index contributed by atoms with van der Waals surface area (Å²) in [6.07, 6.45) is 3.93. The van der Waals surface area contributed by atoms with Crippen molar-refractivity contribution in [1.82, 2.24) is 14.5 Å². The van der Waals surface area contributed by atoms with Crippen LogP contribution in [0.15, 0.2) is 12.5 Å². The molecule has 1 atom stereocenters. The Balaban J connectivity index is 1.92. The predicted octanol–water partition coefficient (Wildman–Crippen LogP) is -0.420. The van der Waals surface area contributed by atoms with Crippen LogP contribution in [0.5, 0.6) is 0 Å². The first-order valence-corrected chi connectivity index (χ1v) is 5.29. The molecular weight excluding hydrogens is 192 g/mol. The molecule has 1 aliphatic rings. The van der Waals surface area contributed by atoms with Crippen molar-refractivity contribution in [3.8, 4) is 0 Å². The fourth-order valence-electron chi connectivity index (χ4n) is 1.83. The lowest BCUT2D eigenvalue weighted by molar-refractivity contribution is -0.0266. The van der Waals surface area contributed by atoms with Crippen LogP contribution < -0.4 is 5.73 Å². The number of rotatable bonds is 3. The Kier molecular flexibility index (Phi) is 3.35. The van der Waals surface area contributed by atoms with Gasteiger partial charge in [-0.2, -0.15) is 0 Å². The molecule has 0 amide bonds. The summed E-state index contributed by atoms with van der Waals surface area (Å²) in [6.45, 7) is 4.20. The van der Waals surface area contributed by atoms with Gasteiger partial charge in [-0.1, -0.05) is 0 Å². The molecule has 0 radical (unpaired) electrons. The van der Waals surface area contributed by atoms with Crippen molar-refractivity contribution in [1.29, 1.82) is 0 Å². The van der Waals surface area contributed by atoms with Gasteiger partial charge in [0, 0.05) is 39.4 Å². The van der Waals surface area contributed by atoms with Crippen molar-refractivity contribution in [2.45, 2.75) is 12.6 Å². The second kappa shape index (κ2) is 4.74. The van der Waals surface area contributed by atoms with Crippen LogP contribution in [0.2, 0.25) is 0 Å². The standard InChI is InChI=1S/C10H18N4O/c1-13-8-12-5-9(13)6-14-2-3-15-10(4-11)7-14/h5,8,10H,2-4,6-7,11H2,1H3. The van der Waals surface area contributed by atoms with Crippen LogP contribution in [0.3, 0.4) is 0 Å². The zero-order valence-corrected chi connectivity index (χ0v) is 9.09. The zero-order chi connectivity index (χ0) is 10.7. The van der Waals surface area contributed by atoms with E-state index in [1.165, 1.54) is 5.69 Å². The molecule has 5 nitrogen and oxygen atoms in total. The fraction of sp³-hybridized carbons (Fsp3) is 0.700. The third-order valence-electron chi connectivity index (χ3n) is 2.79. The Labute approximate surface area is 89.8 Å². The lowest BCUT2D eigenvalue weighted by Crippen LogP contribution is -2.45. The number of hydrogen-bond donors (Lipinski definition) is 1. The van der Waals surface area contributed by atoms with Crippen LogP contribution >= 0.6 is 0 Å². The van der Waals surface area contributed by atoms with Crippen molar-refractivity contribution in [2.24, 2.45) is 12.8 Å². The number of imidazole rings is 1. The largest absolute Gasteiger partial charge is 0.374 e. The first kappa shape index (κ1) is 10.6. The molecule has 0 saturated carbocycles. The summed E-state index contributed by atoms with van der Waals surface area (Å²) in [7, 11) is 2.02. The second-order valence-electron chi connectivity index (χ2n) is 3.96. The van der Waals surface area contributed by atoms with E-state index < -0.39 is 0 Å². The minimum atomic E-state index is 0.187. The molecule has 1 saturated heterocycles. The summed E-state index contributed by atoms with van der Waals surface area (Å²) in [5, 5.41) is 0. The average molecular weight is 210 g/mol. The maximum Gasteiger partial charge on any atom is 0.0945 e. The molecule has 2 rings (SSSR count). The van der Waals surface area contributed by atoms with Crippen molar-refractivity contribution in [2.75, 3.05) is 26.2 Å². The van der Waals surface area contributed by atoms with E-state index in [4.69, 9.17) is 10.5 Å². The highest BCUT2D eigenvalue weighted by atomic mass is 16.5. The molecule has 0 bridgehead atoms. The molecule has 2 heterocycles. The Morgan fingerprint density at radius 1 is 1.67 bits per heavy atom. The maximum absolute atomic E-state index is 5.60. The van der Waals surface area contributed by atoms with Crippen molar-refractivity contribution in [3.05, 3.63) is 18.2 Å². The van der Waals surface area contributed by atoms with Gasteiger partial charge in [0.1, 0.15) is 0 Å². The van der Waals surface area contributed by atoms with E-state index in [0.717, 1.165) is 26.2 Å². The third-order valence-corrected chi connectivity index (χ3v) is 2.79. The van der Waals surface area contributed by atoms with Gasteiger partial charge < -0.3 is 15.0 Å². The predicted molar refractivity (Wildman–Crippen MR) is 57.3 cm³/mol. The summed E-state index contributed by atoms with van der Waals surface area (Å²) in [5.74, 6) is 0. The smallest absolute Gasteiger partial charge is 0.0945 e. The Morgan fingerprint density at radius 3 is 3.20 bits per heavy atom. The van der Waals surface area contributed by atoms with E-state index in [9.17, 15) is 0 Å². The minimum absolute atomic E-state index is 0.187. The molecule has 0 spiro atoms. The van der Waals surface area contributed by atoms with Gasteiger partial charge in [0.15, 0.2) is 0 Å². The molecule has 2 N–H and O–H groups in total. The summed E-state index contributed by atoms with van der Waals surface area (Å²) >= 11 is 0. The van der Waals surface area contributed by atoms with Gasteiger partial charge in [-0.15, -0.1) is 0 Å². The number of ether oxygens (including phenoxy) is 1. The van der Waals surface area contributed by atoms with E-state index in [1.54, 1.807) is 0 Å². The number of nitrogens with two attached hydrogens (primary N) is 1. The SMILES string of the molecule is Cn1cncc1CN1CCOC(CN)C1. The number of morpholine rings is 1. The molecule has 1 aromatic rings. The molecule has 1 aliphatic heterocycles. The molecule has 1 fully saturated rings. The molecule has 1 unspecified atom stereocenters. The highest BCUT2D eigenvalue weighted by Gasteiger charge is 2.19. The van der Waals surface area contributed by atoms with Gasteiger partial charge in [-0.05, 0) is 0 Å². The van der Waals surface area contributed by atoms with E-state index in [0.29, 0.717) is 6.54 Å². The lowest BCUT2D eigenvalue weighted by Gasteiger charge is -2.32. The van der Waals surface area contributed by atoms with Crippen molar-refractivity contribution >= 4 is 0 Å². The summed E-state index contributed by atoms with van der Waals surface area (Å²) in [6, 6.07) is 0. The quantitative estimate of drug-likeness (QED) is 0.736. The first-order valence-electron chi connectivity index (χ1n) is 5.29. The molecule has 0 aromatic carbocycles. The van der Waals surface area contributed by atoms with Crippen molar-refractivity contribution in [3.63, 3.8) is 0 Å². The average Bonchev–Trinajstić information content (AvgIpc) is 2.65. The molecule has 84 valence electrons. The van der Waals surface area contributed by atoms with Crippen LogP contribution in [-0.2, 0) is 18.3 Å². The fourth-order valence-corrected chi connectivity index (χ4v) is 1.83. The van der Waals surface area contributed by atoms with Gasteiger partial charge in [0.2, 0.25) is 0 Å². The van der Waals surface area contributed by atoms with Crippen LogP contribution in [0.4, 0.5) is 0 Å². The Hall–Kier alpha value is -0.910. The molecule has 0 aliphatic carbocycles. The lowest BCUT2D eigenvalue weighted by atomic mass is 10.2. The van der Waals surface area contributed by atoms with Gasteiger partial charge in [-0.25, -0.2) is 4.98 Å². The number of aromatic nitrogens is 2. The summed E-state index contributed by atoms with van der Waals surface area (Å²) in [4.78, 5) is 6.47. The van der Waals surface area contributed by atoms with Crippen LogP contribution in [-0.4, -0.2) is 46.8 Å². The van der Waals surface area contributed by atoms with Crippen LogP contribution in [0.1, 0.15) is 5.69 Å². The van der Waals surface area contributed by atoms with Crippen molar-refractivity contribution < 1.29 is 4.74 Å². The topological polar surface area (TPSA) is 56.3 Å². The third kappa shape index (κ3) is 2.56. The van der Waals surface area contributed by atoms with E-state index >= 15 is 0 Å². The van der Waals surface area contributed by atoms with Gasteiger partial charge in [0.25, 0.3) is 0 Å². The number of aryl methyl sites for hydroxylation is 1. The summed E-state index contributed by atoms with van der Waals surface area (Å²) < 4.78 is 7.57. The van der Waals surface area contributed by atoms with E-state index in [-0.39, 0.29) is 6.10 Å². The highest BCUT2D eigenvalue weighted by Crippen LogP contribution is 2.08. The molecule has 15 heavy (non-hydrogen) atoms. The van der Waals surface area contributed by atoms with E-state index in [2.05, 4.69) is 9.88 Å². The monoisotopic (exact) mass is 210 g/mol. The normalized spacial score (nSPS) is 23.2. The first-order chi connectivity index (χ1) is 7.29. The van der Waals surface area contributed by atoms with E-state index in [1.807, 2.05) is 24.1 Å². The zero-order valence-electron chi connectivity index (χ0n) is 9.09. The Bertz CT molecular complexity index is 312. The second-order valence-corrected chi connectivity index (χ2v) is 3.96. The van der Waals surface area contributed by atoms with Crippen LogP contribution in [0, 0.1) is 0 Å². The number of hydrogen-bond acceptors (Lipinski definition) is 4. The molecular formula is C10H18N4O. The summed E-state index contributed by atoms with van der Waals surface area (Å²) in [5.41, 5.74) is 6.83. The molecule has 1 aromatic heterocycles. The Morgan fingerprint density at radius 2 is 2.53 bits per heavy atom. The highest BCUT2D eigenvalue weighted by molar-refractivity contribution is 4.97. The van der Waals surface area contributed by atoms with Gasteiger partial charge in [0.05, 0.1) is 24.7 Å². The van der Waals surface area contributed by atoms with Crippen LogP contribution in [0.25, 0.3) is 0 Å². The number of nitrogens with zero attached hydrogens (tertiary/aromatic N) is 3. The molecule has 5 heteroatoms. The maximum atomic E-state index is 5.60. The van der Waals surface area contributed by atoms with Gasteiger partial charge >= 0.3 is 0 Å².